The number of ether oxygens (including phenoxy) is 1. The van der Waals surface area contributed by atoms with Crippen LogP contribution in [0, 0.1) is 5.82 Å². The van der Waals surface area contributed by atoms with E-state index in [4.69, 9.17) is 4.74 Å². The zero-order valence-corrected chi connectivity index (χ0v) is 10.2. The minimum atomic E-state index is -0.515. The molecule has 0 fully saturated rings. The van der Waals surface area contributed by atoms with E-state index in [2.05, 4.69) is 15.6 Å². The minimum Gasteiger partial charge on any atom is -0.497 e. The van der Waals surface area contributed by atoms with Crippen LogP contribution in [0.5, 0.6) is 5.75 Å². The SMILES string of the molecule is COc1cccc(NC(=O)Nc2cncc(F)c2)c1. The first-order valence-electron chi connectivity index (χ1n) is 5.50. The van der Waals surface area contributed by atoms with Crippen LogP contribution in [-0.2, 0) is 0 Å². The fourth-order valence-corrected chi connectivity index (χ4v) is 1.47. The van der Waals surface area contributed by atoms with Gasteiger partial charge in [0.05, 0.1) is 25.2 Å². The van der Waals surface area contributed by atoms with Crippen LogP contribution in [0.15, 0.2) is 42.7 Å². The molecule has 0 saturated carbocycles. The van der Waals surface area contributed by atoms with Gasteiger partial charge in [0.25, 0.3) is 0 Å². The molecule has 2 amide bonds. The molecule has 2 aromatic rings. The lowest BCUT2D eigenvalue weighted by Gasteiger charge is -2.08. The molecule has 0 spiro atoms. The van der Waals surface area contributed by atoms with Crippen LogP contribution in [0.25, 0.3) is 0 Å². The lowest BCUT2D eigenvalue weighted by Crippen LogP contribution is -2.19. The highest BCUT2D eigenvalue weighted by atomic mass is 19.1. The van der Waals surface area contributed by atoms with Gasteiger partial charge in [-0.3, -0.25) is 4.98 Å². The number of pyridine rings is 1. The molecule has 0 atom stereocenters. The Bertz CT molecular complexity index is 590. The van der Waals surface area contributed by atoms with Crippen molar-refractivity contribution in [2.45, 2.75) is 0 Å². The van der Waals surface area contributed by atoms with E-state index in [1.807, 2.05) is 0 Å². The predicted molar refractivity (Wildman–Crippen MR) is 69.8 cm³/mol. The zero-order chi connectivity index (χ0) is 13.7. The number of urea groups is 1. The Balaban J connectivity index is 2.01. The summed E-state index contributed by atoms with van der Waals surface area (Å²) in [5.74, 6) is 0.115. The molecule has 0 aliphatic carbocycles. The third-order valence-corrected chi connectivity index (χ3v) is 2.29. The second-order valence-electron chi connectivity index (χ2n) is 3.70. The van der Waals surface area contributed by atoms with Crippen LogP contribution in [0.2, 0.25) is 0 Å². The van der Waals surface area contributed by atoms with Gasteiger partial charge in [-0.05, 0) is 12.1 Å². The van der Waals surface area contributed by atoms with Crippen molar-refractivity contribution in [2.75, 3.05) is 17.7 Å². The minimum absolute atomic E-state index is 0.278. The van der Waals surface area contributed by atoms with Crippen LogP contribution in [-0.4, -0.2) is 18.1 Å². The van der Waals surface area contributed by atoms with E-state index < -0.39 is 11.8 Å². The molecule has 0 aliphatic rings. The second-order valence-corrected chi connectivity index (χ2v) is 3.70. The van der Waals surface area contributed by atoms with Crippen molar-refractivity contribution >= 4 is 17.4 Å². The summed E-state index contributed by atoms with van der Waals surface area (Å²) in [6.07, 6.45) is 2.42. The number of methoxy groups -OCH3 is 1. The molecule has 98 valence electrons. The molecule has 1 heterocycles. The lowest BCUT2D eigenvalue weighted by molar-refractivity contribution is 0.262. The number of rotatable bonds is 3. The van der Waals surface area contributed by atoms with Gasteiger partial charge in [-0.25, -0.2) is 9.18 Å². The van der Waals surface area contributed by atoms with Gasteiger partial charge >= 0.3 is 6.03 Å². The number of amides is 2. The number of halogens is 1. The monoisotopic (exact) mass is 261 g/mol. The molecule has 2 N–H and O–H groups in total. The summed E-state index contributed by atoms with van der Waals surface area (Å²) in [6, 6.07) is 7.59. The number of carbonyl (C=O) groups excluding carboxylic acids is 1. The highest BCUT2D eigenvalue weighted by Gasteiger charge is 2.04. The number of hydrogen-bond acceptors (Lipinski definition) is 3. The molecule has 5 nitrogen and oxygen atoms in total. The zero-order valence-electron chi connectivity index (χ0n) is 10.2. The average Bonchev–Trinajstić information content (AvgIpc) is 2.38. The van der Waals surface area contributed by atoms with E-state index in [0.717, 1.165) is 6.20 Å². The van der Waals surface area contributed by atoms with Crippen molar-refractivity contribution in [3.63, 3.8) is 0 Å². The van der Waals surface area contributed by atoms with Crippen molar-refractivity contribution in [2.24, 2.45) is 0 Å². The van der Waals surface area contributed by atoms with E-state index in [1.54, 1.807) is 24.3 Å². The fourth-order valence-electron chi connectivity index (χ4n) is 1.47. The number of nitrogens with one attached hydrogen (secondary N) is 2. The molecule has 6 heteroatoms. The first-order chi connectivity index (χ1) is 9.17. The normalized spacial score (nSPS) is 9.79. The highest BCUT2D eigenvalue weighted by Crippen LogP contribution is 2.17. The van der Waals surface area contributed by atoms with Crippen molar-refractivity contribution in [3.05, 3.63) is 48.5 Å². The van der Waals surface area contributed by atoms with Crippen LogP contribution in [0.1, 0.15) is 0 Å². The molecule has 19 heavy (non-hydrogen) atoms. The van der Waals surface area contributed by atoms with Gasteiger partial charge in [-0.2, -0.15) is 0 Å². The highest BCUT2D eigenvalue weighted by molar-refractivity contribution is 5.99. The molecule has 0 saturated heterocycles. The summed E-state index contributed by atoms with van der Waals surface area (Å²) in [4.78, 5) is 15.3. The van der Waals surface area contributed by atoms with Gasteiger partial charge in [0.15, 0.2) is 0 Å². The van der Waals surface area contributed by atoms with Gasteiger partial charge in [-0.1, -0.05) is 6.07 Å². The summed E-state index contributed by atoms with van der Waals surface area (Å²) in [5.41, 5.74) is 0.849. The van der Waals surface area contributed by atoms with Gasteiger partial charge in [-0.15, -0.1) is 0 Å². The molecule has 0 aliphatic heterocycles. The molecule has 0 radical (unpaired) electrons. The third kappa shape index (κ3) is 3.67. The number of hydrogen-bond donors (Lipinski definition) is 2. The lowest BCUT2D eigenvalue weighted by atomic mass is 10.3. The first kappa shape index (κ1) is 12.8. The van der Waals surface area contributed by atoms with Crippen molar-refractivity contribution in [1.29, 1.82) is 0 Å². The molecule has 1 aromatic heterocycles. The summed E-state index contributed by atoms with van der Waals surface area (Å²) in [6.45, 7) is 0. The maximum atomic E-state index is 12.9. The van der Waals surface area contributed by atoms with Gasteiger partial charge < -0.3 is 15.4 Å². The number of benzene rings is 1. The van der Waals surface area contributed by atoms with Crippen molar-refractivity contribution < 1.29 is 13.9 Å². The number of nitrogens with zero attached hydrogens (tertiary/aromatic N) is 1. The van der Waals surface area contributed by atoms with Gasteiger partial charge in [0.2, 0.25) is 0 Å². The fraction of sp³-hybridized carbons (Fsp3) is 0.0769. The molecule has 1 aromatic carbocycles. The van der Waals surface area contributed by atoms with Crippen LogP contribution >= 0.6 is 0 Å². The standard InChI is InChI=1S/C13H12FN3O2/c1-19-12-4-2-3-10(6-12)16-13(18)17-11-5-9(14)7-15-8-11/h2-8H,1H3,(H2,16,17,18). The maximum absolute atomic E-state index is 12.9. The van der Waals surface area contributed by atoms with Crippen LogP contribution in [0.3, 0.4) is 0 Å². The van der Waals surface area contributed by atoms with E-state index in [0.29, 0.717) is 11.4 Å². The van der Waals surface area contributed by atoms with E-state index in [-0.39, 0.29) is 5.69 Å². The average molecular weight is 261 g/mol. The van der Waals surface area contributed by atoms with Crippen LogP contribution in [0.4, 0.5) is 20.6 Å². The Morgan fingerprint density at radius 2 is 2.00 bits per heavy atom. The molecule has 0 bridgehead atoms. The first-order valence-corrected chi connectivity index (χ1v) is 5.50. The Morgan fingerprint density at radius 3 is 2.74 bits per heavy atom. The number of anilines is 2. The van der Waals surface area contributed by atoms with Gasteiger partial charge in [0.1, 0.15) is 11.6 Å². The van der Waals surface area contributed by atoms with E-state index >= 15 is 0 Å². The molecule has 0 unspecified atom stereocenters. The Morgan fingerprint density at radius 1 is 1.21 bits per heavy atom. The topological polar surface area (TPSA) is 63.2 Å². The smallest absolute Gasteiger partial charge is 0.323 e. The largest absolute Gasteiger partial charge is 0.497 e. The Hall–Kier alpha value is -2.63. The predicted octanol–water partition coefficient (Wildman–Crippen LogP) is 2.87. The van der Waals surface area contributed by atoms with Crippen molar-refractivity contribution in [3.8, 4) is 5.75 Å². The summed E-state index contributed by atoms with van der Waals surface area (Å²) in [5, 5.41) is 5.08. The van der Waals surface area contributed by atoms with E-state index in [9.17, 15) is 9.18 Å². The summed E-state index contributed by atoms with van der Waals surface area (Å²) in [7, 11) is 1.54. The summed E-state index contributed by atoms with van der Waals surface area (Å²) >= 11 is 0. The Labute approximate surface area is 109 Å². The molecular formula is C13H12FN3O2. The second kappa shape index (κ2) is 5.81. The van der Waals surface area contributed by atoms with Crippen LogP contribution < -0.4 is 15.4 Å². The third-order valence-electron chi connectivity index (χ3n) is 2.29. The number of carbonyl (C=O) groups is 1. The molecule has 2 rings (SSSR count). The molecular weight excluding hydrogens is 249 g/mol. The quantitative estimate of drug-likeness (QED) is 0.893. The number of aromatic nitrogens is 1. The Kier molecular flexibility index (Phi) is 3.92. The maximum Gasteiger partial charge on any atom is 0.323 e. The van der Waals surface area contributed by atoms with Gasteiger partial charge in [0, 0.05) is 17.8 Å². The van der Waals surface area contributed by atoms with E-state index in [1.165, 1.54) is 19.4 Å². The van der Waals surface area contributed by atoms with Crippen molar-refractivity contribution in [1.82, 2.24) is 4.98 Å². The summed E-state index contributed by atoms with van der Waals surface area (Å²) < 4.78 is 17.9.